The standard InChI is InChI=1S/C8H11N3O/c1-11-5-9-7(4-8(11)12)10-6-2-3-6/h4-6,10H,2-3H2,1H3. The largest absolute Gasteiger partial charge is 0.367 e. The van der Waals surface area contributed by atoms with Crippen LogP contribution >= 0.6 is 0 Å². The predicted molar refractivity (Wildman–Crippen MR) is 46.1 cm³/mol. The Hall–Kier alpha value is -1.32. The van der Waals surface area contributed by atoms with Crippen LogP contribution in [0.3, 0.4) is 0 Å². The molecule has 4 heteroatoms. The highest BCUT2D eigenvalue weighted by atomic mass is 16.1. The summed E-state index contributed by atoms with van der Waals surface area (Å²) in [5.74, 6) is 0.695. The molecule has 1 heterocycles. The molecular weight excluding hydrogens is 154 g/mol. The maximum atomic E-state index is 11.1. The Labute approximate surface area is 70.2 Å². The van der Waals surface area contributed by atoms with Crippen LogP contribution in [0, 0.1) is 0 Å². The molecule has 0 amide bonds. The van der Waals surface area contributed by atoms with Crippen LogP contribution in [0.4, 0.5) is 5.82 Å². The van der Waals surface area contributed by atoms with Gasteiger partial charge in [-0.3, -0.25) is 4.79 Å². The van der Waals surface area contributed by atoms with Crippen molar-refractivity contribution in [2.24, 2.45) is 7.05 Å². The van der Waals surface area contributed by atoms with E-state index in [4.69, 9.17) is 0 Å². The van der Waals surface area contributed by atoms with Crippen LogP contribution in [0.5, 0.6) is 0 Å². The smallest absolute Gasteiger partial charge is 0.255 e. The fourth-order valence-corrected chi connectivity index (χ4v) is 0.977. The average Bonchev–Trinajstić information content (AvgIpc) is 2.81. The van der Waals surface area contributed by atoms with Gasteiger partial charge in [-0.25, -0.2) is 4.98 Å². The summed E-state index contributed by atoms with van der Waals surface area (Å²) in [7, 11) is 1.69. The lowest BCUT2D eigenvalue weighted by Gasteiger charge is -2.02. The quantitative estimate of drug-likeness (QED) is 0.688. The Kier molecular flexibility index (Phi) is 1.60. The number of aromatic nitrogens is 2. The van der Waals surface area contributed by atoms with Crippen molar-refractivity contribution in [1.82, 2.24) is 9.55 Å². The predicted octanol–water partition coefficient (Wildman–Crippen LogP) is 0.355. The first kappa shape index (κ1) is 7.34. The van der Waals surface area contributed by atoms with E-state index in [0.717, 1.165) is 0 Å². The SMILES string of the molecule is Cn1cnc(NC2CC2)cc1=O. The average molecular weight is 165 g/mol. The summed E-state index contributed by atoms with van der Waals surface area (Å²) in [6.45, 7) is 0. The molecule has 0 spiro atoms. The Bertz CT molecular complexity index is 340. The Balaban J connectivity index is 2.21. The first-order valence-corrected chi connectivity index (χ1v) is 4.05. The Morgan fingerprint density at radius 2 is 2.42 bits per heavy atom. The fraction of sp³-hybridized carbons (Fsp3) is 0.500. The van der Waals surface area contributed by atoms with Gasteiger partial charge < -0.3 is 9.88 Å². The van der Waals surface area contributed by atoms with Gasteiger partial charge in [-0.2, -0.15) is 0 Å². The molecule has 1 saturated carbocycles. The van der Waals surface area contributed by atoms with Crippen LogP contribution in [0.2, 0.25) is 0 Å². The molecule has 0 aromatic carbocycles. The summed E-state index contributed by atoms with van der Waals surface area (Å²) in [6, 6.07) is 2.07. The van der Waals surface area contributed by atoms with Gasteiger partial charge in [0.05, 0.1) is 6.33 Å². The van der Waals surface area contributed by atoms with Crippen molar-refractivity contribution >= 4 is 5.82 Å². The van der Waals surface area contributed by atoms with Crippen molar-refractivity contribution in [3.63, 3.8) is 0 Å². The third-order valence-electron chi connectivity index (χ3n) is 1.91. The maximum Gasteiger partial charge on any atom is 0.255 e. The first-order valence-electron chi connectivity index (χ1n) is 4.05. The molecule has 0 unspecified atom stereocenters. The second-order valence-corrected chi connectivity index (χ2v) is 3.14. The molecule has 1 N–H and O–H groups in total. The molecule has 1 aromatic heterocycles. The minimum atomic E-state index is -0.0202. The number of hydrogen-bond acceptors (Lipinski definition) is 3. The van der Waals surface area contributed by atoms with Crippen molar-refractivity contribution in [1.29, 1.82) is 0 Å². The van der Waals surface area contributed by atoms with E-state index in [9.17, 15) is 4.79 Å². The van der Waals surface area contributed by atoms with E-state index in [1.54, 1.807) is 7.05 Å². The topological polar surface area (TPSA) is 46.9 Å². The summed E-state index contributed by atoms with van der Waals surface area (Å²) >= 11 is 0. The van der Waals surface area contributed by atoms with Gasteiger partial charge in [-0.1, -0.05) is 0 Å². The summed E-state index contributed by atoms with van der Waals surface area (Å²) in [5, 5.41) is 3.16. The molecule has 0 atom stereocenters. The molecule has 0 radical (unpaired) electrons. The first-order chi connectivity index (χ1) is 5.75. The summed E-state index contributed by atoms with van der Waals surface area (Å²) in [5.41, 5.74) is -0.0202. The minimum Gasteiger partial charge on any atom is -0.367 e. The summed E-state index contributed by atoms with van der Waals surface area (Å²) < 4.78 is 1.46. The molecule has 0 aliphatic heterocycles. The molecule has 1 aromatic rings. The monoisotopic (exact) mass is 165 g/mol. The van der Waals surface area contributed by atoms with E-state index in [-0.39, 0.29) is 5.56 Å². The highest BCUT2D eigenvalue weighted by Gasteiger charge is 2.21. The number of anilines is 1. The van der Waals surface area contributed by atoms with Crippen molar-refractivity contribution < 1.29 is 0 Å². The zero-order chi connectivity index (χ0) is 8.55. The van der Waals surface area contributed by atoms with Crippen LogP contribution in [-0.4, -0.2) is 15.6 Å². The van der Waals surface area contributed by atoms with E-state index in [1.807, 2.05) is 0 Å². The lowest BCUT2D eigenvalue weighted by Crippen LogP contribution is -2.17. The van der Waals surface area contributed by atoms with E-state index in [0.29, 0.717) is 11.9 Å². The molecule has 1 fully saturated rings. The highest BCUT2D eigenvalue weighted by Crippen LogP contribution is 2.22. The summed E-state index contributed by atoms with van der Waals surface area (Å²) in [4.78, 5) is 15.2. The van der Waals surface area contributed by atoms with E-state index < -0.39 is 0 Å². The zero-order valence-corrected chi connectivity index (χ0v) is 6.95. The molecule has 1 aliphatic carbocycles. The van der Waals surface area contributed by atoms with E-state index in [1.165, 1.54) is 29.8 Å². The Morgan fingerprint density at radius 3 is 3.00 bits per heavy atom. The molecule has 12 heavy (non-hydrogen) atoms. The number of hydrogen-bond donors (Lipinski definition) is 1. The molecule has 64 valence electrons. The van der Waals surface area contributed by atoms with Crippen molar-refractivity contribution in [3.05, 3.63) is 22.7 Å². The molecule has 1 aliphatic rings. The molecule has 2 rings (SSSR count). The van der Waals surface area contributed by atoms with Crippen molar-refractivity contribution in [2.45, 2.75) is 18.9 Å². The van der Waals surface area contributed by atoms with Gasteiger partial charge in [0.25, 0.3) is 5.56 Å². The third-order valence-corrected chi connectivity index (χ3v) is 1.91. The van der Waals surface area contributed by atoms with Crippen LogP contribution < -0.4 is 10.9 Å². The number of nitrogens with zero attached hydrogens (tertiary/aromatic N) is 2. The van der Waals surface area contributed by atoms with Crippen molar-refractivity contribution in [2.75, 3.05) is 5.32 Å². The minimum absolute atomic E-state index is 0.0202. The van der Waals surface area contributed by atoms with Crippen molar-refractivity contribution in [3.8, 4) is 0 Å². The van der Waals surface area contributed by atoms with Crippen LogP contribution in [-0.2, 0) is 7.05 Å². The van der Waals surface area contributed by atoms with Crippen LogP contribution in [0.1, 0.15) is 12.8 Å². The van der Waals surface area contributed by atoms with Crippen LogP contribution in [0.15, 0.2) is 17.2 Å². The molecule has 4 nitrogen and oxygen atoms in total. The van der Waals surface area contributed by atoms with Gasteiger partial charge in [0.2, 0.25) is 0 Å². The van der Waals surface area contributed by atoms with Gasteiger partial charge >= 0.3 is 0 Å². The van der Waals surface area contributed by atoms with Gasteiger partial charge in [0, 0.05) is 19.2 Å². The van der Waals surface area contributed by atoms with Gasteiger partial charge in [0.1, 0.15) is 5.82 Å². The molecule has 0 bridgehead atoms. The van der Waals surface area contributed by atoms with Crippen LogP contribution in [0.25, 0.3) is 0 Å². The fourth-order valence-electron chi connectivity index (χ4n) is 0.977. The third kappa shape index (κ3) is 1.47. The second-order valence-electron chi connectivity index (χ2n) is 3.14. The zero-order valence-electron chi connectivity index (χ0n) is 6.95. The lowest BCUT2D eigenvalue weighted by molar-refractivity contribution is 0.823. The van der Waals surface area contributed by atoms with E-state index >= 15 is 0 Å². The normalized spacial score (nSPS) is 16.1. The number of nitrogens with one attached hydrogen (secondary N) is 1. The molecule has 0 saturated heterocycles. The summed E-state index contributed by atoms with van der Waals surface area (Å²) in [6.07, 6.45) is 3.92. The number of aryl methyl sites for hydroxylation is 1. The number of rotatable bonds is 2. The lowest BCUT2D eigenvalue weighted by atomic mass is 10.5. The van der Waals surface area contributed by atoms with E-state index in [2.05, 4.69) is 10.3 Å². The van der Waals surface area contributed by atoms with Gasteiger partial charge in [0.15, 0.2) is 0 Å². The molecular formula is C8H11N3O. The Morgan fingerprint density at radius 1 is 1.67 bits per heavy atom. The maximum absolute atomic E-state index is 11.1. The highest BCUT2D eigenvalue weighted by molar-refractivity contribution is 5.34. The van der Waals surface area contributed by atoms with Gasteiger partial charge in [-0.05, 0) is 12.8 Å². The second kappa shape index (κ2) is 2.62. The van der Waals surface area contributed by atoms with Gasteiger partial charge in [-0.15, -0.1) is 0 Å².